The molecule has 2 fully saturated rings. The fourth-order valence-corrected chi connectivity index (χ4v) is 6.07. The number of alkyl halides is 3. The van der Waals surface area contributed by atoms with Crippen LogP contribution in [0.1, 0.15) is 61.7 Å². The Bertz CT molecular complexity index is 1540. The summed E-state index contributed by atoms with van der Waals surface area (Å²) in [6.07, 6.45) is 3.23. The molecule has 38 heavy (non-hydrogen) atoms. The van der Waals surface area contributed by atoms with Crippen LogP contribution in [0.2, 0.25) is 0 Å². The van der Waals surface area contributed by atoms with Gasteiger partial charge < -0.3 is 14.9 Å². The maximum Gasteiger partial charge on any atom is 0.418 e. The van der Waals surface area contributed by atoms with E-state index in [1.807, 2.05) is 23.7 Å². The number of aryl methyl sites for hydroxylation is 1. The molecule has 6 rings (SSSR count). The quantitative estimate of drug-likeness (QED) is 0.316. The second kappa shape index (κ2) is 9.11. The van der Waals surface area contributed by atoms with Crippen molar-refractivity contribution in [3.05, 3.63) is 75.9 Å². The Hall–Kier alpha value is -3.40. The van der Waals surface area contributed by atoms with Crippen LogP contribution in [0.5, 0.6) is 0 Å². The molecule has 0 aliphatic heterocycles. The molecule has 0 unspecified atom stereocenters. The maximum absolute atomic E-state index is 14.2. The largest absolute Gasteiger partial charge is 0.418 e. The fourth-order valence-electron chi connectivity index (χ4n) is 6.07. The van der Waals surface area contributed by atoms with E-state index in [2.05, 4.69) is 27.4 Å². The summed E-state index contributed by atoms with van der Waals surface area (Å²) in [5.41, 5.74) is 0.0883. The lowest BCUT2D eigenvalue weighted by atomic mass is 9.58. The van der Waals surface area contributed by atoms with E-state index in [-0.39, 0.29) is 10.9 Å². The molecule has 7 nitrogen and oxygen atoms in total. The van der Waals surface area contributed by atoms with Crippen molar-refractivity contribution in [1.82, 2.24) is 29.6 Å². The predicted molar refractivity (Wildman–Crippen MR) is 138 cm³/mol. The van der Waals surface area contributed by atoms with Crippen LogP contribution in [0.15, 0.2) is 47.7 Å². The third kappa shape index (κ3) is 4.34. The zero-order valence-corrected chi connectivity index (χ0v) is 21.5. The van der Waals surface area contributed by atoms with Crippen molar-refractivity contribution < 1.29 is 13.2 Å². The zero-order chi connectivity index (χ0) is 26.7. The summed E-state index contributed by atoms with van der Waals surface area (Å²) < 4.78 is 45.6. The van der Waals surface area contributed by atoms with Crippen LogP contribution in [-0.4, -0.2) is 30.9 Å². The number of aromatic nitrogens is 5. The molecule has 0 saturated heterocycles. The van der Waals surface area contributed by atoms with Gasteiger partial charge in [-0.25, -0.2) is 0 Å². The van der Waals surface area contributed by atoms with Crippen molar-refractivity contribution in [1.29, 1.82) is 0 Å². The van der Waals surface area contributed by atoms with E-state index in [9.17, 15) is 18.0 Å². The average molecular weight is 525 g/mol. The molecule has 0 spiro atoms. The first-order chi connectivity index (χ1) is 18.2. The average Bonchev–Trinajstić information content (AvgIpc) is 3.42. The van der Waals surface area contributed by atoms with Gasteiger partial charge >= 0.3 is 6.18 Å². The van der Waals surface area contributed by atoms with Gasteiger partial charge in [0, 0.05) is 36.6 Å². The van der Waals surface area contributed by atoms with Gasteiger partial charge in [0.1, 0.15) is 17.7 Å². The summed E-state index contributed by atoms with van der Waals surface area (Å²) >= 11 is 0. The highest BCUT2D eigenvalue weighted by atomic mass is 19.4. The lowest BCUT2D eigenvalue weighted by Gasteiger charge is -2.46. The molecule has 2 N–H and O–H groups in total. The van der Waals surface area contributed by atoms with E-state index < -0.39 is 22.7 Å². The van der Waals surface area contributed by atoms with Crippen molar-refractivity contribution in [2.45, 2.75) is 57.2 Å². The van der Waals surface area contributed by atoms with Gasteiger partial charge in [0.05, 0.1) is 11.0 Å². The van der Waals surface area contributed by atoms with Gasteiger partial charge in [-0.15, -0.1) is 10.2 Å². The van der Waals surface area contributed by atoms with Crippen molar-refractivity contribution in [3.63, 3.8) is 0 Å². The van der Waals surface area contributed by atoms with Gasteiger partial charge in [0.2, 0.25) is 0 Å². The lowest BCUT2D eigenvalue weighted by Crippen LogP contribution is -2.43. The van der Waals surface area contributed by atoms with E-state index in [1.165, 1.54) is 18.9 Å². The topological polar surface area (TPSA) is 80.5 Å². The normalized spacial score (nSPS) is 21.7. The minimum Gasteiger partial charge on any atom is -0.353 e. The second-order valence-corrected chi connectivity index (χ2v) is 11.1. The minimum atomic E-state index is -4.62. The van der Waals surface area contributed by atoms with E-state index in [0.717, 1.165) is 53.9 Å². The molecule has 3 heterocycles. The highest BCUT2D eigenvalue weighted by Crippen LogP contribution is 2.51. The molecule has 2 aliphatic rings. The van der Waals surface area contributed by atoms with Crippen LogP contribution < -0.4 is 10.9 Å². The first-order valence-electron chi connectivity index (χ1n) is 13.2. The van der Waals surface area contributed by atoms with Crippen LogP contribution in [0.25, 0.3) is 16.6 Å². The number of pyridine rings is 1. The van der Waals surface area contributed by atoms with Gasteiger partial charge in [-0.1, -0.05) is 31.9 Å². The monoisotopic (exact) mass is 524 g/mol. The Balaban J connectivity index is 1.41. The van der Waals surface area contributed by atoms with E-state index >= 15 is 0 Å². The Morgan fingerprint density at radius 3 is 2.66 bits per heavy atom. The van der Waals surface area contributed by atoms with Crippen LogP contribution >= 0.6 is 0 Å². The van der Waals surface area contributed by atoms with Gasteiger partial charge in [-0.3, -0.25) is 9.36 Å². The molecule has 0 amide bonds. The molecule has 200 valence electrons. The number of benzene rings is 1. The molecule has 3 aromatic heterocycles. The second-order valence-electron chi connectivity index (χ2n) is 11.1. The summed E-state index contributed by atoms with van der Waals surface area (Å²) in [7, 11) is 1.89. The molecule has 4 aromatic rings. The molecule has 0 radical (unpaired) electrons. The summed E-state index contributed by atoms with van der Waals surface area (Å²) in [5, 5.41) is 11.6. The number of fused-ring (bicyclic) bond motifs is 1. The predicted octanol–water partition coefficient (Wildman–Crippen LogP) is 5.07. The molecular formula is C28H31F3N6O. The summed E-state index contributed by atoms with van der Waals surface area (Å²) in [6.45, 7) is 3.34. The van der Waals surface area contributed by atoms with Gasteiger partial charge in [0.15, 0.2) is 0 Å². The maximum atomic E-state index is 14.2. The lowest BCUT2D eigenvalue weighted by molar-refractivity contribution is -0.136. The van der Waals surface area contributed by atoms with Crippen LogP contribution in [0.4, 0.5) is 13.2 Å². The third-order valence-corrected chi connectivity index (χ3v) is 8.11. The van der Waals surface area contributed by atoms with Crippen LogP contribution in [-0.2, 0) is 25.2 Å². The SMILES string of the molecule is CC1CC(c2cccc(-n3cc(C(F)(F)F)c4cc(CNCCC5CC5)[nH]c4c3=O)c2)(c2nncn2C)C1. The van der Waals surface area contributed by atoms with Crippen molar-refractivity contribution in [2.24, 2.45) is 18.9 Å². The molecule has 2 aliphatic carbocycles. The van der Waals surface area contributed by atoms with Crippen molar-refractivity contribution in [2.75, 3.05) is 6.54 Å². The molecule has 0 bridgehead atoms. The zero-order valence-electron chi connectivity index (χ0n) is 21.5. The summed E-state index contributed by atoms with van der Waals surface area (Å²) in [4.78, 5) is 16.5. The first-order valence-corrected chi connectivity index (χ1v) is 13.2. The molecule has 1 aromatic carbocycles. The number of nitrogens with one attached hydrogen (secondary N) is 2. The Labute approximate surface area is 218 Å². The minimum absolute atomic E-state index is 0.0375. The number of hydrogen-bond acceptors (Lipinski definition) is 4. The number of nitrogens with zero attached hydrogens (tertiary/aromatic N) is 4. The number of hydrogen-bond donors (Lipinski definition) is 2. The smallest absolute Gasteiger partial charge is 0.353 e. The summed E-state index contributed by atoms with van der Waals surface area (Å²) in [5.74, 6) is 2.05. The molecular weight excluding hydrogens is 493 g/mol. The standard InChI is InChI=1S/C28H31F3N6O/c1-17-12-27(13-17,26-35-33-16-36(26)2)19-4-3-5-21(10-19)37-15-23(28(29,30)31)22-11-20(34-24(22)25(37)38)14-32-9-8-18-6-7-18/h3-5,10-11,15-18,32,34H,6-9,12-14H2,1-2H3. The Morgan fingerprint density at radius 2 is 2.00 bits per heavy atom. The molecule has 2 saturated carbocycles. The number of halogens is 3. The third-order valence-electron chi connectivity index (χ3n) is 8.11. The highest BCUT2D eigenvalue weighted by molar-refractivity contribution is 5.84. The van der Waals surface area contributed by atoms with E-state index in [1.54, 1.807) is 18.5 Å². The highest BCUT2D eigenvalue weighted by Gasteiger charge is 2.48. The fraction of sp³-hybridized carbons (Fsp3) is 0.464. The van der Waals surface area contributed by atoms with Crippen molar-refractivity contribution >= 4 is 10.9 Å². The van der Waals surface area contributed by atoms with Crippen LogP contribution in [0, 0.1) is 11.8 Å². The van der Waals surface area contributed by atoms with E-state index in [4.69, 9.17) is 0 Å². The van der Waals surface area contributed by atoms with Gasteiger partial charge in [-0.2, -0.15) is 13.2 Å². The van der Waals surface area contributed by atoms with E-state index in [0.29, 0.717) is 23.8 Å². The number of rotatable bonds is 8. The van der Waals surface area contributed by atoms with Crippen molar-refractivity contribution in [3.8, 4) is 5.69 Å². The Morgan fingerprint density at radius 1 is 1.21 bits per heavy atom. The van der Waals surface area contributed by atoms with Gasteiger partial charge in [0.25, 0.3) is 5.56 Å². The first kappa shape index (κ1) is 24.9. The summed E-state index contributed by atoms with van der Waals surface area (Å²) in [6, 6.07) is 8.69. The van der Waals surface area contributed by atoms with Crippen LogP contribution in [0.3, 0.4) is 0 Å². The van der Waals surface area contributed by atoms with Gasteiger partial charge in [-0.05, 0) is 61.4 Å². The molecule has 0 atom stereocenters. The number of aromatic amines is 1. The molecule has 10 heteroatoms. The Kier molecular flexibility index (Phi) is 5.97. The number of H-pyrrole nitrogens is 1.